The number of hydrogen-bond acceptors (Lipinski definition) is 3. The lowest BCUT2D eigenvalue weighted by molar-refractivity contribution is -0.147. The second-order valence-electron chi connectivity index (χ2n) is 6.25. The third-order valence-electron chi connectivity index (χ3n) is 4.92. The van der Waals surface area contributed by atoms with E-state index in [0.717, 1.165) is 31.4 Å². The zero-order valence-electron chi connectivity index (χ0n) is 11.8. The average molecular weight is 278 g/mol. The molecule has 3 nitrogen and oxygen atoms in total. The summed E-state index contributed by atoms with van der Waals surface area (Å²) in [7, 11) is 0. The molecule has 1 aliphatic heterocycles. The molecule has 0 bridgehead atoms. The van der Waals surface area contributed by atoms with Crippen molar-refractivity contribution in [2.75, 3.05) is 6.61 Å². The Morgan fingerprint density at radius 2 is 2.30 bits per heavy atom. The van der Waals surface area contributed by atoms with E-state index >= 15 is 0 Å². The average Bonchev–Trinajstić information content (AvgIpc) is 2.43. The Kier molecular flexibility index (Phi) is 4.06. The number of ether oxygens (including phenoxy) is 1. The van der Waals surface area contributed by atoms with Crippen molar-refractivity contribution >= 4 is 0 Å². The summed E-state index contributed by atoms with van der Waals surface area (Å²) in [5.41, 5.74) is 4.07. The van der Waals surface area contributed by atoms with E-state index in [-0.39, 0.29) is 17.5 Å². The fraction of sp³-hybridized carbons (Fsp3) is 0.625. The van der Waals surface area contributed by atoms with Gasteiger partial charge in [0.15, 0.2) is 0 Å². The number of hydrogen-bond donors (Lipinski definition) is 2. The summed E-state index contributed by atoms with van der Waals surface area (Å²) in [6.07, 6.45) is 6.52. The third-order valence-corrected chi connectivity index (χ3v) is 4.92. The SMILES string of the molecule is NNC(Cc1cccc(F)c1)C1CCOC2(CCC2)C1. The molecule has 0 aromatic heterocycles. The second-order valence-corrected chi connectivity index (χ2v) is 6.25. The van der Waals surface area contributed by atoms with Gasteiger partial charge in [-0.3, -0.25) is 11.3 Å². The van der Waals surface area contributed by atoms with E-state index in [1.165, 1.54) is 25.3 Å². The Hall–Kier alpha value is -0.970. The number of rotatable bonds is 4. The molecule has 1 aliphatic carbocycles. The fourth-order valence-corrected chi connectivity index (χ4v) is 3.61. The van der Waals surface area contributed by atoms with Crippen LogP contribution in [0.3, 0.4) is 0 Å². The quantitative estimate of drug-likeness (QED) is 0.657. The van der Waals surface area contributed by atoms with Gasteiger partial charge in [0.25, 0.3) is 0 Å². The van der Waals surface area contributed by atoms with Crippen LogP contribution in [-0.4, -0.2) is 18.2 Å². The van der Waals surface area contributed by atoms with Crippen molar-refractivity contribution in [3.63, 3.8) is 0 Å². The summed E-state index contributed by atoms with van der Waals surface area (Å²) >= 11 is 0. The third kappa shape index (κ3) is 2.87. The fourth-order valence-electron chi connectivity index (χ4n) is 3.61. The van der Waals surface area contributed by atoms with Crippen molar-refractivity contribution in [2.45, 2.75) is 50.2 Å². The molecular formula is C16H23FN2O. The molecule has 1 saturated carbocycles. The van der Waals surface area contributed by atoms with E-state index < -0.39 is 0 Å². The van der Waals surface area contributed by atoms with Gasteiger partial charge in [-0.1, -0.05) is 12.1 Å². The molecule has 2 aliphatic rings. The monoisotopic (exact) mass is 278 g/mol. The number of nitrogens with one attached hydrogen (secondary N) is 1. The lowest BCUT2D eigenvalue weighted by atomic mass is 9.70. The highest BCUT2D eigenvalue weighted by Crippen LogP contribution is 2.45. The first-order valence-corrected chi connectivity index (χ1v) is 7.55. The van der Waals surface area contributed by atoms with Crippen molar-refractivity contribution in [3.05, 3.63) is 35.6 Å². The van der Waals surface area contributed by atoms with Crippen LogP contribution in [0, 0.1) is 11.7 Å². The van der Waals surface area contributed by atoms with Gasteiger partial charge in [-0.05, 0) is 62.1 Å². The standard InChI is InChI=1S/C16H23FN2O/c17-14-4-1-3-12(9-14)10-15(19-18)13-5-8-20-16(11-13)6-2-7-16/h1,3-4,9,13,15,19H,2,5-8,10-11,18H2. The van der Waals surface area contributed by atoms with Crippen LogP contribution in [0.25, 0.3) is 0 Å². The Morgan fingerprint density at radius 3 is 2.95 bits per heavy atom. The minimum absolute atomic E-state index is 0.125. The number of hydrazine groups is 1. The molecule has 1 aromatic rings. The summed E-state index contributed by atoms with van der Waals surface area (Å²) in [6, 6.07) is 6.99. The summed E-state index contributed by atoms with van der Waals surface area (Å²) in [5.74, 6) is 6.08. The first-order valence-electron chi connectivity index (χ1n) is 7.55. The van der Waals surface area contributed by atoms with Gasteiger partial charge < -0.3 is 4.74 Å². The van der Waals surface area contributed by atoms with Crippen molar-refractivity contribution in [1.29, 1.82) is 0 Å². The molecule has 1 spiro atoms. The molecule has 3 rings (SSSR count). The molecule has 1 aromatic carbocycles. The zero-order chi connectivity index (χ0) is 14.0. The first-order chi connectivity index (χ1) is 9.71. The molecule has 2 fully saturated rings. The van der Waals surface area contributed by atoms with Gasteiger partial charge >= 0.3 is 0 Å². The molecular weight excluding hydrogens is 255 g/mol. The minimum Gasteiger partial charge on any atom is -0.375 e. The van der Waals surface area contributed by atoms with Crippen LogP contribution < -0.4 is 11.3 Å². The van der Waals surface area contributed by atoms with Gasteiger partial charge in [0, 0.05) is 12.6 Å². The Bertz CT molecular complexity index is 462. The highest BCUT2D eigenvalue weighted by molar-refractivity contribution is 5.18. The van der Waals surface area contributed by atoms with E-state index in [0.29, 0.717) is 5.92 Å². The predicted octanol–water partition coefficient (Wildman–Crippen LogP) is 2.55. The van der Waals surface area contributed by atoms with Crippen LogP contribution in [0.5, 0.6) is 0 Å². The van der Waals surface area contributed by atoms with Crippen LogP contribution >= 0.6 is 0 Å². The van der Waals surface area contributed by atoms with Gasteiger partial charge in [-0.15, -0.1) is 0 Å². The molecule has 1 heterocycles. The van der Waals surface area contributed by atoms with E-state index in [9.17, 15) is 4.39 Å². The first kappa shape index (κ1) is 14.0. The molecule has 4 heteroatoms. The van der Waals surface area contributed by atoms with E-state index in [2.05, 4.69) is 5.43 Å². The Balaban J connectivity index is 1.66. The van der Waals surface area contributed by atoms with Gasteiger partial charge in [-0.2, -0.15) is 0 Å². The maximum absolute atomic E-state index is 13.3. The molecule has 0 radical (unpaired) electrons. The maximum Gasteiger partial charge on any atom is 0.123 e. The zero-order valence-corrected chi connectivity index (χ0v) is 11.8. The minimum atomic E-state index is -0.180. The van der Waals surface area contributed by atoms with Gasteiger partial charge in [0.2, 0.25) is 0 Å². The largest absolute Gasteiger partial charge is 0.375 e. The summed E-state index contributed by atoms with van der Waals surface area (Å²) in [6.45, 7) is 0.825. The topological polar surface area (TPSA) is 47.3 Å². The lowest BCUT2D eigenvalue weighted by Crippen LogP contribution is -2.52. The molecule has 1 saturated heterocycles. The van der Waals surface area contributed by atoms with Gasteiger partial charge in [0.1, 0.15) is 5.82 Å². The summed E-state index contributed by atoms with van der Waals surface area (Å²) in [4.78, 5) is 0. The highest BCUT2D eigenvalue weighted by atomic mass is 19.1. The van der Waals surface area contributed by atoms with Gasteiger partial charge in [-0.25, -0.2) is 4.39 Å². The van der Waals surface area contributed by atoms with E-state index in [1.807, 2.05) is 6.07 Å². The normalized spacial score (nSPS) is 26.2. The van der Waals surface area contributed by atoms with E-state index in [4.69, 9.17) is 10.6 Å². The number of benzene rings is 1. The Labute approximate surface area is 119 Å². The smallest absolute Gasteiger partial charge is 0.123 e. The summed E-state index contributed by atoms with van der Waals surface area (Å²) < 4.78 is 19.2. The predicted molar refractivity (Wildman–Crippen MR) is 76.5 cm³/mol. The lowest BCUT2D eigenvalue weighted by Gasteiger charge is -2.48. The maximum atomic E-state index is 13.3. The molecule has 2 unspecified atom stereocenters. The van der Waals surface area contributed by atoms with Crippen LogP contribution in [0.1, 0.15) is 37.7 Å². The van der Waals surface area contributed by atoms with Gasteiger partial charge in [0.05, 0.1) is 5.60 Å². The van der Waals surface area contributed by atoms with Crippen molar-refractivity contribution in [1.82, 2.24) is 5.43 Å². The highest BCUT2D eigenvalue weighted by Gasteiger charge is 2.44. The Morgan fingerprint density at radius 1 is 1.45 bits per heavy atom. The molecule has 20 heavy (non-hydrogen) atoms. The molecule has 2 atom stereocenters. The molecule has 0 amide bonds. The molecule has 3 N–H and O–H groups in total. The van der Waals surface area contributed by atoms with Crippen molar-refractivity contribution < 1.29 is 9.13 Å². The molecule has 110 valence electrons. The van der Waals surface area contributed by atoms with Crippen LogP contribution in [0.4, 0.5) is 4.39 Å². The number of halogens is 1. The van der Waals surface area contributed by atoms with Crippen molar-refractivity contribution in [3.8, 4) is 0 Å². The van der Waals surface area contributed by atoms with Crippen LogP contribution in [0.2, 0.25) is 0 Å². The van der Waals surface area contributed by atoms with E-state index in [1.54, 1.807) is 12.1 Å². The van der Waals surface area contributed by atoms with Crippen LogP contribution in [0.15, 0.2) is 24.3 Å². The summed E-state index contributed by atoms with van der Waals surface area (Å²) in [5, 5.41) is 0. The van der Waals surface area contributed by atoms with Crippen molar-refractivity contribution in [2.24, 2.45) is 11.8 Å². The second kappa shape index (κ2) is 5.80. The van der Waals surface area contributed by atoms with Crippen LogP contribution in [-0.2, 0) is 11.2 Å². The number of nitrogens with two attached hydrogens (primary N) is 1.